The van der Waals surface area contributed by atoms with Gasteiger partial charge in [-0.2, -0.15) is 0 Å². The lowest BCUT2D eigenvalue weighted by atomic mass is 9.93. The summed E-state index contributed by atoms with van der Waals surface area (Å²) >= 11 is 0. The van der Waals surface area contributed by atoms with Crippen LogP contribution in [-0.2, 0) is 14.8 Å². The maximum Gasteiger partial charge on any atom is 0.241 e. The number of hydrogen-bond donors (Lipinski definition) is 2. The van der Waals surface area contributed by atoms with E-state index in [2.05, 4.69) is 36.0 Å². The maximum atomic E-state index is 14.6. The topological polar surface area (TPSA) is 87.7 Å². The van der Waals surface area contributed by atoms with E-state index in [1.54, 1.807) is 18.2 Å². The summed E-state index contributed by atoms with van der Waals surface area (Å²) < 4.78 is 36.7. The first-order valence-corrected chi connectivity index (χ1v) is 17.8. The van der Waals surface area contributed by atoms with E-state index in [-0.39, 0.29) is 29.3 Å². The number of ether oxygens (including phenoxy) is 1. The van der Waals surface area contributed by atoms with Crippen molar-refractivity contribution in [2.75, 3.05) is 18.1 Å². The lowest BCUT2D eigenvalue weighted by Gasteiger charge is -2.37. The summed E-state index contributed by atoms with van der Waals surface area (Å²) in [6, 6.07) is 36.9. The number of benzene rings is 5. The first-order chi connectivity index (χ1) is 22.8. The second-order valence-electron chi connectivity index (χ2n) is 12.0. The number of nitrogens with one attached hydrogen (secondary N) is 2. The van der Waals surface area contributed by atoms with Crippen LogP contribution in [0.3, 0.4) is 0 Å². The largest absolute Gasteiger partial charge is 0.493 e. The molecule has 2 N–H and O–H groups in total. The molecule has 3 unspecified atom stereocenters. The molecule has 1 aliphatic heterocycles. The van der Waals surface area contributed by atoms with Crippen molar-refractivity contribution in [3.05, 3.63) is 138 Å². The number of anilines is 1. The number of hydrogen-bond acceptors (Lipinski definition) is 5. The van der Waals surface area contributed by atoms with Crippen molar-refractivity contribution in [2.24, 2.45) is 0 Å². The average molecular weight is 648 g/mol. The minimum absolute atomic E-state index is 0.0768. The van der Waals surface area contributed by atoms with Gasteiger partial charge in [0.25, 0.3) is 0 Å². The van der Waals surface area contributed by atoms with Gasteiger partial charge in [-0.3, -0.25) is 4.79 Å². The smallest absolute Gasteiger partial charge is 0.241 e. The van der Waals surface area contributed by atoms with Crippen LogP contribution < -0.4 is 19.7 Å². The summed E-state index contributed by atoms with van der Waals surface area (Å²) in [5.41, 5.74) is 3.54. The Hall–Kier alpha value is -4.50. The molecular formula is C39H41N3O4S. The van der Waals surface area contributed by atoms with Gasteiger partial charge in [-0.25, -0.2) is 13.1 Å². The highest BCUT2D eigenvalue weighted by Crippen LogP contribution is 2.40. The van der Waals surface area contributed by atoms with Crippen LogP contribution >= 0.6 is 0 Å². The fraction of sp³-hybridized carbons (Fsp3) is 0.256. The molecule has 0 bridgehead atoms. The van der Waals surface area contributed by atoms with Crippen molar-refractivity contribution >= 4 is 32.4 Å². The molecule has 5 aromatic rings. The lowest BCUT2D eigenvalue weighted by molar-refractivity contribution is -0.119. The van der Waals surface area contributed by atoms with Crippen LogP contribution in [0.25, 0.3) is 10.8 Å². The van der Waals surface area contributed by atoms with E-state index in [1.165, 1.54) is 0 Å². The number of nitrogens with zero attached hydrogens (tertiary/aromatic N) is 1. The van der Waals surface area contributed by atoms with E-state index in [0.717, 1.165) is 46.3 Å². The summed E-state index contributed by atoms with van der Waals surface area (Å²) in [5, 5.41) is 5.34. The Morgan fingerprint density at radius 3 is 2.30 bits per heavy atom. The Morgan fingerprint density at radius 2 is 1.55 bits per heavy atom. The molecule has 7 nitrogen and oxygen atoms in total. The highest BCUT2D eigenvalue weighted by molar-refractivity contribution is 7.89. The molecule has 6 rings (SSSR count). The van der Waals surface area contributed by atoms with Crippen molar-refractivity contribution in [3.63, 3.8) is 0 Å². The molecular weight excluding hydrogens is 607 g/mol. The van der Waals surface area contributed by atoms with E-state index in [1.807, 2.05) is 95.9 Å². The third-order valence-corrected chi connectivity index (χ3v) is 10.2. The van der Waals surface area contributed by atoms with E-state index >= 15 is 0 Å². The van der Waals surface area contributed by atoms with Crippen molar-refractivity contribution in [3.8, 4) is 5.75 Å². The Balaban J connectivity index is 1.35. The van der Waals surface area contributed by atoms with E-state index < -0.39 is 16.1 Å². The lowest BCUT2D eigenvalue weighted by Crippen LogP contribution is -2.40. The zero-order chi connectivity index (χ0) is 32.8. The molecule has 0 radical (unpaired) electrons. The van der Waals surface area contributed by atoms with Gasteiger partial charge in [0.15, 0.2) is 0 Å². The van der Waals surface area contributed by atoms with Gasteiger partial charge in [0.1, 0.15) is 5.75 Å². The minimum atomic E-state index is -3.98. The number of sulfonamides is 1. The number of rotatable bonds is 12. The van der Waals surface area contributed by atoms with Crippen molar-refractivity contribution in [1.82, 2.24) is 10.0 Å². The molecule has 0 aliphatic carbocycles. The van der Waals surface area contributed by atoms with Crippen LogP contribution in [0.15, 0.2) is 126 Å². The molecule has 0 saturated heterocycles. The molecule has 242 valence electrons. The summed E-state index contributed by atoms with van der Waals surface area (Å²) in [7, 11) is -3.98. The predicted octanol–water partition coefficient (Wildman–Crippen LogP) is 7.87. The van der Waals surface area contributed by atoms with Gasteiger partial charge in [-0.15, -0.1) is 0 Å². The number of carbonyl (C=O) groups is 1. The molecule has 0 aromatic heterocycles. The summed E-state index contributed by atoms with van der Waals surface area (Å²) in [5.74, 6) is 0.574. The Kier molecular flexibility index (Phi) is 10.0. The van der Waals surface area contributed by atoms with Crippen LogP contribution in [0.4, 0.5) is 5.69 Å². The van der Waals surface area contributed by atoms with Gasteiger partial charge in [-0.1, -0.05) is 91.9 Å². The van der Waals surface area contributed by atoms with Crippen LogP contribution in [0.5, 0.6) is 5.75 Å². The number of carbonyl (C=O) groups excluding carboxylic acids is 1. The van der Waals surface area contributed by atoms with Gasteiger partial charge < -0.3 is 15.0 Å². The standard InChI is InChI=1S/C39H41N3O4S/c1-3-23-40-28(2)31-19-21-38-35(26-31)37(22-24-46-38)42(33-16-8-5-9-17-33)39(43)27-36(30-13-6-4-7-14-30)41-47(44,45)34-20-18-29-12-10-11-15-32(29)25-34/h4-21,25-26,28,36-37,40-41H,3,22-24,27H2,1-2H3. The van der Waals surface area contributed by atoms with Gasteiger partial charge in [0.2, 0.25) is 15.9 Å². The van der Waals surface area contributed by atoms with Gasteiger partial charge in [-0.05, 0) is 78.2 Å². The Labute approximate surface area is 277 Å². The second-order valence-corrected chi connectivity index (χ2v) is 13.7. The molecule has 8 heteroatoms. The van der Waals surface area contributed by atoms with Crippen molar-refractivity contribution in [2.45, 2.75) is 56.1 Å². The van der Waals surface area contributed by atoms with Crippen LogP contribution in [0.2, 0.25) is 0 Å². The zero-order valence-corrected chi connectivity index (χ0v) is 27.6. The maximum absolute atomic E-state index is 14.6. The van der Waals surface area contributed by atoms with Crippen molar-refractivity contribution < 1.29 is 17.9 Å². The second kappa shape index (κ2) is 14.5. The zero-order valence-electron chi connectivity index (χ0n) is 26.8. The summed E-state index contributed by atoms with van der Waals surface area (Å²) in [4.78, 5) is 16.6. The molecule has 0 fully saturated rings. The Bertz CT molecular complexity index is 1930. The van der Waals surface area contributed by atoms with Gasteiger partial charge >= 0.3 is 0 Å². The van der Waals surface area contributed by atoms with E-state index in [9.17, 15) is 13.2 Å². The van der Waals surface area contributed by atoms with Crippen molar-refractivity contribution in [1.29, 1.82) is 0 Å². The fourth-order valence-corrected chi connectivity index (χ4v) is 7.53. The first kappa shape index (κ1) is 32.4. The average Bonchev–Trinajstić information content (AvgIpc) is 3.11. The highest BCUT2D eigenvalue weighted by atomic mass is 32.2. The molecule has 47 heavy (non-hydrogen) atoms. The molecule has 0 saturated carbocycles. The SMILES string of the molecule is CCCNC(C)c1ccc2c(c1)C(N(C(=O)CC(NS(=O)(=O)c1ccc3ccccc3c1)c1ccccc1)c1ccccc1)CCO2. The predicted molar refractivity (Wildman–Crippen MR) is 188 cm³/mol. The summed E-state index contributed by atoms with van der Waals surface area (Å²) in [6.07, 6.45) is 1.56. The van der Waals surface area contributed by atoms with Crippen LogP contribution in [0.1, 0.15) is 67.9 Å². The van der Waals surface area contributed by atoms with E-state index in [0.29, 0.717) is 18.6 Å². The fourth-order valence-electron chi connectivity index (χ4n) is 6.27. The summed E-state index contributed by atoms with van der Waals surface area (Å²) in [6.45, 7) is 5.66. The van der Waals surface area contributed by atoms with Gasteiger partial charge in [0, 0.05) is 30.1 Å². The molecule has 1 amide bonds. The molecule has 1 aliphatic rings. The first-order valence-electron chi connectivity index (χ1n) is 16.3. The highest BCUT2D eigenvalue weighted by Gasteiger charge is 2.34. The minimum Gasteiger partial charge on any atom is -0.493 e. The molecule has 0 spiro atoms. The Morgan fingerprint density at radius 1 is 0.851 bits per heavy atom. The van der Waals surface area contributed by atoms with Crippen LogP contribution in [0, 0.1) is 0 Å². The molecule has 5 aromatic carbocycles. The third-order valence-electron chi connectivity index (χ3n) is 8.77. The third kappa shape index (κ3) is 7.41. The number of para-hydroxylation sites is 1. The number of amides is 1. The van der Waals surface area contributed by atoms with E-state index in [4.69, 9.17) is 4.74 Å². The normalized spacial score (nSPS) is 15.7. The quantitative estimate of drug-likeness (QED) is 0.144. The van der Waals surface area contributed by atoms with Gasteiger partial charge in [0.05, 0.1) is 23.6 Å². The monoisotopic (exact) mass is 647 g/mol. The molecule has 3 atom stereocenters. The number of fused-ring (bicyclic) bond motifs is 2. The van der Waals surface area contributed by atoms with Crippen LogP contribution in [-0.4, -0.2) is 27.5 Å². The molecule has 1 heterocycles.